The first-order chi connectivity index (χ1) is 14.5. The molecule has 4 rings (SSSR count). The van der Waals surface area contributed by atoms with E-state index in [0.717, 1.165) is 0 Å². The second-order valence-corrected chi connectivity index (χ2v) is 8.51. The fourth-order valence-corrected chi connectivity index (χ4v) is 4.62. The summed E-state index contributed by atoms with van der Waals surface area (Å²) < 4.78 is 7.22. The van der Waals surface area contributed by atoms with E-state index in [-0.39, 0.29) is 17.2 Å². The van der Waals surface area contributed by atoms with Crippen LogP contribution in [-0.4, -0.2) is 28.3 Å². The number of fused-ring (bicyclic) bond motifs is 1. The summed E-state index contributed by atoms with van der Waals surface area (Å²) in [5.74, 6) is 0.519. The summed E-state index contributed by atoms with van der Waals surface area (Å²) >= 11 is 8.65. The van der Waals surface area contributed by atoms with Crippen LogP contribution in [0.2, 0.25) is 5.02 Å². The molecule has 0 unspecified atom stereocenters. The largest absolute Gasteiger partial charge is 0.497 e. The molecular formula is C21H16ClN3O3S2. The van der Waals surface area contributed by atoms with Gasteiger partial charge in [-0.05, 0) is 41.8 Å². The van der Waals surface area contributed by atoms with Gasteiger partial charge in [0.05, 0.1) is 24.1 Å². The normalized spacial score (nSPS) is 10.9. The second kappa shape index (κ2) is 8.91. The van der Waals surface area contributed by atoms with Crippen molar-refractivity contribution in [3.63, 3.8) is 0 Å². The van der Waals surface area contributed by atoms with E-state index < -0.39 is 0 Å². The van der Waals surface area contributed by atoms with Gasteiger partial charge in [-0.1, -0.05) is 35.5 Å². The highest BCUT2D eigenvalue weighted by molar-refractivity contribution is 7.99. The SMILES string of the molecule is COc1cccc(NC(=O)CSc2nc3ccsc3c(=O)n2-c2cccc(Cl)c2)c1. The Hall–Kier alpha value is -2.81. The van der Waals surface area contributed by atoms with E-state index in [0.29, 0.717) is 37.5 Å². The number of hydrogen-bond acceptors (Lipinski definition) is 6. The van der Waals surface area contributed by atoms with Crippen LogP contribution in [0.15, 0.2) is 69.9 Å². The van der Waals surface area contributed by atoms with Crippen LogP contribution in [0.5, 0.6) is 5.75 Å². The minimum atomic E-state index is -0.217. The molecule has 4 aromatic rings. The number of halogens is 1. The number of carbonyl (C=O) groups excluding carboxylic acids is 1. The minimum Gasteiger partial charge on any atom is -0.497 e. The van der Waals surface area contributed by atoms with Gasteiger partial charge in [0.15, 0.2) is 5.16 Å². The lowest BCUT2D eigenvalue weighted by molar-refractivity contribution is -0.113. The Morgan fingerprint density at radius 2 is 2.07 bits per heavy atom. The third-order valence-electron chi connectivity index (χ3n) is 4.20. The minimum absolute atomic E-state index is 0.0832. The molecule has 1 N–H and O–H groups in total. The number of methoxy groups -OCH3 is 1. The van der Waals surface area contributed by atoms with Crippen molar-refractivity contribution in [3.05, 3.63) is 75.4 Å². The summed E-state index contributed by atoms with van der Waals surface area (Å²) in [5.41, 5.74) is 1.66. The number of aromatic nitrogens is 2. The van der Waals surface area contributed by atoms with Crippen LogP contribution >= 0.6 is 34.7 Å². The fraction of sp³-hybridized carbons (Fsp3) is 0.0952. The quantitative estimate of drug-likeness (QED) is 0.331. The third kappa shape index (κ3) is 4.35. The van der Waals surface area contributed by atoms with Crippen molar-refractivity contribution in [1.29, 1.82) is 0 Å². The first kappa shape index (κ1) is 20.5. The molecule has 0 saturated carbocycles. The van der Waals surface area contributed by atoms with Gasteiger partial charge < -0.3 is 10.1 Å². The van der Waals surface area contributed by atoms with Crippen molar-refractivity contribution >= 4 is 56.5 Å². The summed E-state index contributed by atoms with van der Waals surface area (Å²) in [5, 5.41) is 5.59. The number of anilines is 1. The molecule has 0 fully saturated rings. The predicted octanol–water partition coefficient (Wildman–Crippen LogP) is 4.84. The van der Waals surface area contributed by atoms with Crippen LogP contribution in [0.3, 0.4) is 0 Å². The van der Waals surface area contributed by atoms with Crippen LogP contribution in [0.25, 0.3) is 15.9 Å². The molecule has 0 saturated heterocycles. The van der Waals surface area contributed by atoms with E-state index >= 15 is 0 Å². The van der Waals surface area contributed by atoms with Gasteiger partial charge >= 0.3 is 0 Å². The van der Waals surface area contributed by atoms with Crippen LogP contribution in [0.4, 0.5) is 5.69 Å². The van der Waals surface area contributed by atoms with E-state index in [9.17, 15) is 9.59 Å². The molecular weight excluding hydrogens is 442 g/mol. The number of carbonyl (C=O) groups is 1. The molecule has 0 spiro atoms. The van der Waals surface area contributed by atoms with E-state index in [4.69, 9.17) is 16.3 Å². The number of amides is 1. The third-order valence-corrected chi connectivity index (χ3v) is 6.27. The summed E-state index contributed by atoms with van der Waals surface area (Å²) in [6.07, 6.45) is 0. The average molecular weight is 458 g/mol. The Balaban J connectivity index is 1.62. The molecule has 9 heteroatoms. The summed E-state index contributed by atoms with van der Waals surface area (Å²) in [4.78, 5) is 30.2. The van der Waals surface area contributed by atoms with Gasteiger partial charge in [-0.2, -0.15) is 0 Å². The molecule has 2 aromatic heterocycles. The number of thiophene rings is 1. The standard InChI is InChI=1S/C21H16ClN3O3S2/c1-28-16-7-3-5-14(11-16)23-18(26)12-30-21-24-17-8-9-29-19(17)20(27)25(21)15-6-2-4-13(22)10-15/h2-11H,12H2,1H3,(H,23,26). The Bertz CT molecular complexity index is 1290. The Kier molecular flexibility index (Phi) is 6.08. The zero-order chi connectivity index (χ0) is 21.1. The number of benzene rings is 2. The molecule has 0 aliphatic heterocycles. The molecule has 0 bridgehead atoms. The molecule has 152 valence electrons. The molecule has 6 nitrogen and oxygen atoms in total. The number of nitrogens with one attached hydrogen (secondary N) is 1. The maximum atomic E-state index is 13.1. The van der Waals surface area contributed by atoms with Gasteiger partial charge in [-0.15, -0.1) is 11.3 Å². The van der Waals surface area contributed by atoms with Crippen molar-refractivity contribution in [2.75, 3.05) is 18.2 Å². The first-order valence-electron chi connectivity index (χ1n) is 8.88. The van der Waals surface area contributed by atoms with Gasteiger partial charge in [-0.3, -0.25) is 14.2 Å². The molecule has 0 aliphatic rings. The van der Waals surface area contributed by atoms with Crippen molar-refractivity contribution in [2.24, 2.45) is 0 Å². The molecule has 0 atom stereocenters. The van der Waals surface area contributed by atoms with Gasteiger partial charge in [0, 0.05) is 16.8 Å². The molecule has 1 amide bonds. The van der Waals surface area contributed by atoms with Crippen molar-refractivity contribution in [1.82, 2.24) is 9.55 Å². The highest BCUT2D eigenvalue weighted by Crippen LogP contribution is 2.25. The molecule has 0 radical (unpaired) electrons. The Morgan fingerprint density at radius 1 is 1.23 bits per heavy atom. The van der Waals surface area contributed by atoms with Crippen LogP contribution in [0, 0.1) is 0 Å². The Labute approximate surface area is 185 Å². The highest BCUT2D eigenvalue weighted by atomic mass is 35.5. The predicted molar refractivity (Wildman–Crippen MR) is 123 cm³/mol. The highest BCUT2D eigenvalue weighted by Gasteiger charge is 2.16. The first-order valence-corrected chi connectivity index (χ1v) is 11.1. The van der Waals surface area contributed by atoms with Crippen molar-refractivity contribution < 1.29 is 9.53 Å². The van der Waals surface area contributed by atoms with Crippen LogP contribution in [0.1, 0.15) is 0 Å². The summed E-state index contributed by atoms with van der Waals surface area (Å²) in [7, 11) is 1.57. The van der Waals surface area contributed by atoms with E-state index in [1.807, 2.05) is 5.38 Å². The lowest BCUT2D eigenvalue weighted by Crippen LogP contribution is -2.22. The smallest absolute Gasteiger partial charge is 0.276 e. The lowest BCUT2D eigenvalue weighted by atomic mass is 10.3. The molecule has 2 aromatic carbocycles. The maximum Gasteiger partial charge on any atom is 0.276 e. The van der Waals surface area contributed by atoms with E-state index in [1.54, 1.807) is 61.7 Å². The van der Waals surface area contributed by atoms with Gasteiger partial charge in [0.2, 0.25) is 5.91 Å². The summed E-state index contributed by atoms with van der Waals surface area (Å²) in [6, 6.07) is 15.9. The van der Waals surface area contributed by atoms with E-state index in [1.165, 1.54) is 27.7 Å². The van der Waals surface area contributed by atoms with Crippen molar-refractivity contribution in [3.8, 4) is 11.4 Å². The maximum absolute atomic E-state index is 13.1. The Morgan fingerprint density at radius 3 is 2.87 bits per heavy atom. The van der Waals surface area contributed by atoms with Crippen molar-refractivity contribution in [2.45, 2.75) is 5.16 Å². The second-order valence-electron chi connectivity index (χ2n) is 6.22. The fourth-order valence-electron chi connectivity index (χ4n) is 2.86. The topological polar surface area (TPSA) is 73.2 Å². The number of hydrogen-bond donors (Lipinski definition) is 1. The zero-order valence-corrected chi connectivity index (χ0v) is 18.2. The van der Waals surface area contributed by atoms with Gasteiger partial charge in [0.25, 0.3) is 5.56 Å². The summed E-state index contributed by atoms with van der Waals surface area (Å²) in [6.45, 7) is 0. The number of ether oxygens (including phenoxy) is 1. The molecule has 2 heterocycles. The van der Waals surface area contributed by atoms with Crippen LogP contribution in [-0.2, 0) is 4.79 Å². The monoisotopic (exact) mass is 457 g/mol. The number of nitrogens with zero attached hydrogens (tertiary/aromatic N) is 2. The number of rotatable bonds is 6. The lowest BCUT2D eigenvalue weighted by Gasteiger charge is -2.12. The zero-order valence-electron chi connectivity index (χ0n) is 15.8. The number of thioether (sulfide) groups is 1. The van der Waals surface area contributed by atoms with Gasteiger partial charge in [-0.25, -0.2) is 4.98 Å². The van der Waals surface area contributed by atoms with Crippen LogP contribution < -0.4 is 15.6 Å². The molecule has 0 aliphatic carbocycles. The average Bonchev–Trinajstić information content (AvgIpc) is 3.21. The van der Waals surface area contributed by atoms with Gasteiger partial charge in [0.1, 0.15) is 10.4 Å². The van der Waals surface area contributed by atoms with E-state index in [2.05, 4.69) is 10.3 Å². The molecule has 30 heavy (non-hydrogen) atoms.